The lowest BCUT2D eigenvalue weighted by molar-refractivity contribution is 0.0949. The molecule has 0 spiro atoms. The second-order valence-corrected chi connectivity index (χ2v) is 7.70. The maximum Gasteiger partial charge on any atom is 0.253 e. The Hall–Kier alpha value is -2.32. The molecule has 1 aliphatic rings. The van der Waals surface area contributed by atoms with Crippen molar-refractivity contribution >= 4 is 15.9 Å². The number of aromatic nitrogens is 2. The predicted octanol–water partition coefficient (Wildman–Crippen LogP) is 0.724. The average Bonchev–Trinajstić information content (AvgIpc) is 2.58. The molecule has 2 aromatic heterocycles. The molecular formula is C16H18N4O3S. The summed E-state index contributed by atoms with van der Waals surface area (Å²) in [5.74, 6) is -0.212. The van der Waals surface area contributed by atoms with Crippen molar-refractivity contribution < 1.29 is 13.2 Å². The van der Waals surface area contributed by atoms with Gasteiger partial charge in [-0.3, -0.25) is 14.8 Å². The van der Waals surface area contributed by atoms with Crippen LogP contribution in [-0.4, -0.2) is 41.4 Å². The highest BCUT2D eigenvalue weighted by Crippen LogP contribution is 2.23. The van der Waals surface area contributed by atoms with Gasteiger partial charge in [-0.2, -0.15) is 4.31 Å². The van der Waals surface area contributed by atoms with E-state index in [0.717, 1.165) is 16.7 Å². The van der Waals surface area contributed by atoms with Crippen molar-refractivity contribution in [1.29, 1.82) is 0 Å². The van der Waals surface area contributed by atoms with Crippen molar-refractivity contribution in [3.05, 3.63) is 59.2 Å². The van der Waals surface area contributed by atoms with E-state index in [0.29, 0.717) is 25.1 Å². The molecule has 1 N–H and O–H groups in total. The summed E-state index contributed by atoms with van der Waals surface area (Å²) in [6.45, 7) is 1.01. The first-order valence-corrected chi connectivity index (χ1v) is 9.38. The number of nitrogens with zero attached hydrogens (tertiary/aromatic N) is 3. The lowest BCUT2D eigenvalue weighted by atomic mass is 9.98. The zero-order valence-corrected chi connectivity index (χ0v) is 14.1. The van der Waals surface area contributed by atoms with Crippen LogP contribution in [0.2, 0.25) is 0 Å². The van der Waals surface area contributed by atoms with Gasteiger partial charge in [0.05, 0.1) is 11.8 Å². The Morgan fingerprint density at radius 3 is 2.83 bits per heavy atom. The zero-order chi connectivity index (χ0) is 17.2. The van der Waals surface area contributed by atoms with E-state index in [1.54, 1.807) is 18.6 Å². The number of fused-ring (bicyclic) bond motifs is 1. The largest absolute Gasteiger partial charge is 0.348 e. The van der Waals surface area contributed by atoms with E-state index in [9.17, 15) is 13.2 Å². The Balaban J connectivity index is 1.77. The molecule has 0 radical (unpaired) electrons. The van der Waals surface area contributed by atoms with Gasteiger partial charge < -0.3 is 5.32 Å². The Bertz CT molecular complexity index is 853. The van der Waals surface area contributed by atoms with Crippen LogP contribution >= 0.6 is 0 Å². The highest BCUT2D eigenvalue weighted by Gasteiger charge is 2.26. The summed E-state index contributed by atoms with van der Waals surface area (Å²) in [4.78, 5) is 20.6. The van der Waals surface area contributed by atoms with Crippen molar-refractivity contribution in [2.75, 3.05) is 12.8 Å². The molecule has 0 saturated heterocycles. The van der Waals surface area contributed by atoms with Gasteiger partial charge in [-0.15, -0.1) is 0 Å². The quantitative estimate of drug-likeness (QED) is 0.881. The van der Waals surface area contributed by atoms with Gasteiger partial charge in [-0.25, -0.2) is 8.42 Å². The number of nitrogens with one attached hydrogen (secondary N) is 1. The van der Waals surface area contributed by atoms with Crippen LogP contribution < -0.4 is 5.32 Å². The van der Waals surface area contributed by atoms with E-state index in [1.165, 1.54) is 16.8 Å². The number of hydrogen-bond donors (Lipinski definition) is 1. The predicted molar refractivity (Wildman–Crippen MR) is 88.6 cm³/mol. The maximum absolute atomic E-state index is 12.5. The van der Waals surface area contributed by atoms with Crippen LogP contribution in [0, 0.1) is 0 Å². The molecule has 1 aliphatic heterocycles. The zero-order valence-electron chi connectivity index (χ0n) is 13.3. The van der Waals surface area contributed by atoms with Gasteiger partial charge >= 0.3 is 0 Å². The number of carbonyl (C=O) groups excluding carboxylic acids is 1. The summed E-state index contributed by atoms with van der Waals surface area (Å²) < 4.78 is 24.8. The summed E-state index contributed by atoms with van der Waals surface area (Å²) in [6, 6.07) is 3.70. The van der Waals surface area contributed by atoms with Crippen LogP contribution in [0.1, 0.15) is 27.0 Å². The molecule has 126 valence electrons. The first kappa shape index (κ1) is 16.5. The lowest BCUT2D eigenvalue weighted by Crippen LogP contribution is -2.36. The fourth-order valence-electron chi connectivity index (χ4n) is 2.73. The van der Waals surface area contributed by atoms with Crippen LogP contribution in [0.25, 0.3) is 0 Å². The van der Waals surface area contributed by atoms with E-state index in [1.807, 2.05) is 12.1 Å². The number of sulfonamides is 1. The second-order valence-electron chi connectivity index (χ2n) is 5.72. The van der Waals surface area contributed by atoms with Crippen molar-refractivity contribution in [1.82, 2.24) is 19.6 Å². The van der Waals surface area contributed by atoms with Crippen LogP contribution in [0.3, 0.4) is 0 Å². The molecule has 0 atom stereocenters. The van der Waals surface area contributed by atoms with Crippen molar-refractivity contribution in [2.45, 2.75) is 19.5 Å². The topological polar surface area (TPSA) is 92.3 Å². The van der Waals surface area contributed by atoms with E-state index in [2.05, 4.69) is 15.3 Å². The number of rotatable bonds is 4. The molecular weight excluding hydrogens is 328 g/mol. The minimum atomic E-state index is -3.25. The minimum Gasteiger partial charge on any atom is -0.348 e. The average molecular weight is 346 g/mol. The Morgan fingerprint density at radius 2 is 2.12 bits per heavy atom. The number of pyridine rings is 2. The molecule has 0 aliphatic carbocycles. The molecule has 0 aromatic carbocycles. The molecule has 24 heavy (non-hydrogen) atoms. The second kappa shape index (κ2) is 6.66. The van der Waals surface area contributed by atoms with E-state index < -0.39 is 10.0 Å². The molecule has 2 aromatic rings. The summed E-state index contributed by atoms with van der Waals surface area (Å²) in [5.41, 5.74) is 3.06. The van der Waals surface area contributed by atoms with Crippen LogP contribution in [0.15, 0.2) is 36.9 Å². The fourth-order valence-corrected chi connectivity index (χ4v) is 3.52. The first-order valence-electron chi connectivity index (χ1n) is 7.53. The molecule has 0 bridgehead atoms. The lowest BCUT2D eigenvalue weighted by Gasteiger charge is -2.27. The maximum atomic E-state index is 12.5. The SMILES string of the molecule is CS(=O)(=O)N1CCc2c(cncc2C(=O)NCc2cccnc2)C1. The number of carbonyl (C=O) groups is 1. The van der Waals surface area contributed by atoms with Crippen molar-refractivity contribution in [3.63, 3.8) is 0 Å². The van der Waals surface area contributed by atoms with Crippen LogP contribution in [0.4, 0.5) is 0 Å². The van der Waals surface area contributed by atoms with Gasteiger partial charge in [0.2, 0.25) is 10.0 Å². The van der Waals surface area contributed by atoms with Crippen LogP contribution in [-0.2, 0) is 29.5 Å². The first-order chi connectivity index (χ1) is 11.4. The van der Waals surface area contributed by atoms with Crippen molar-refractivity contribution in [3.8, 4) is 0 Å². The van der Waals surface area contributed by atoms with Crippen molar-refractivity contribution in [2.24, 2.45) is 0 Å². The van der Waals surface area contributed by atoms with Gasteiger partial charge in [-0.1, -0.05) is 6.07 Å². The molecule has 3 rings (SSSR count). The highest BCUT2D eigenvalue weighted by atomic mass is 32.2. The Morgan fingerprint density at radius 1 is 1.29 bits per heavy atom. The number of hydrogen-bond acceptors (Lipinski definition) is 5. The Labute approximate surface area is 140 Å². The smallest absolute Gasteiger partial charge is 0.253 e. The summed E-state index contributed by atoms with van der Waals surface area (Å²) in [7, 11) is -3.25. The molecule has 0 fully saturated rings. The normalized spacial score (nSPS) is 14.9. The van der Waals surface area contributed by atoms with Gasteiger partial charge in [0.25, 0.3) is 5.91 Å². The molecule has 0 unspecified atom stereocenters. The third-order valence-electron chi connectivity index (χ3n) is 3.99. The monoisotopic (exact) mass is 346 g/mol. The van der Waals surface area contributed by atoms with Gasteiger partial charge in [0.1, 0.15) is 0 Å². The van der Waals surface area contributed by atoms with E-state index in [-0.39, 0.29) is 12.5 Å². The highest BCUT2D eigenvalue weighted by molar-refractivity contribution is 7.88. The Kier molecular flexibility index (Phi) is 4.59. The van der Waals surface area contributed by atoms with Gasteiger partial charge in [0, 0.05) is 44.4 Å². The number of amides is 1. The standard InChI is InChI=1S/C16H18N4O3S/c1-24(22,23)20-6-4-14-13(11-20)9-18-10-15(14)16(21)19-8-12-3-2-5-17-7-12/h2-3,5,7,9-10H,4,6,8,11H2,1H3,(H,19,21). The van der Waals surface area contributed by atoms with E-state index in [4.69, 9.17) is 0 Å². The summed E-state index contributed by atoms with van der Waals surface area (Å²) >= 11 is 0. The third kappa shape index (κ3) is 3.60. The minimum absolute atomic E-state index is 0.212. The molecule has 7 nitrogen and oxygen atoms in total. The van der Waals surface area contributed by atoms with Gasteiger partial charge in [0.15, 0.2) is 0 Å². The third-order valence-corrected chi connectivity index (χ3v) is 5.24. The summed E-state index contributed by atoms with van der Waals surface area (Å²) in [6.07, 6.45) is 8.23. The molecule has 8 heteroatoms. The van der Waals surface area contributed by atoms with Gasteiger partial charge in [-0.05, 0) is 29.2 Å². The van der Waals surface area contributed by atoms with Crippen LogP contribution in [0.5, 0.6) is 0 Å². The molecule has 0 saturated carbocycles. The molecule has 1 amide bonds. The fraction of sp³-hybridized carbons (Fsp3) is 0.312. The summed E-state index contributed by atoms with van der Waals surface area (Å²) in [5, 5.41) is 2.86. The van der Waals surface area contributed by atoms with E-state index >= 15 is 0 Å². The molecule has 3 heterocycles.